The summed E-state index contributed by atoms with van der Waals surface area (Å²) in [4.78, 5) is 25.0. The molecule has 0 heterocycles. The fourth-order valence-electron chi connectivity index (χ4n) is 5.03. The van der Waals surface area contributed by atoms with Gasteiger partial charge in [-0.05, 0) is 96.3 Å². The number of esters is 1. The highest BCUT2D eigenvalue weighted by Gasteiger charge is 2.20. The van der Waals surface area contributed by atoms with Gasteiger partial charge >= 0.3 is 5.97 Å². The molecule has 0 amide bonds. The summed E-state index contributed by atoms with van der Waals surface area (Å²) in [5.74, 6) is -0.378. The molecule has 8 nitrogen and oxygen atoms in total. The number of allylic oxidation sites excluding steroid dienone is 18. The van der Waals surface area contributed by atoms with Gasteiger partial charge in [0.1, 0.15) is 19.3 Å². The first-order valence-electron chi connectivity index (χ1n) is 21.6. The number of likely N-dealkylation sites (N-methyl/N-ethyl adjacent to an activating group) is 1. The zero-order valence-electron chi connectivity index (χ0n) is 36.5. The van der Waals surface area contributed by atoms with Crippen LogP contribution in [-0.2, 0) is 27.9 Å². The highest BCUT2D eigenvalue weighted by molar-refractivity contribution is 7.45. The minimum absolute atomic E-state index is 0.00536. The van der Waals surface area contributed by atoms with Crippen LogP contribution in [-0.4, -0.2) is 70.7 Å². The number of hydrogen-bond donors (Lipinski definition) is 0. The fourth-order valence-corrected chi connectivity index (χ4v) is 5.76. The van der Waals surface area contributed by atoms with Crippen LogP contribution >= 0.6 is 7.82 Å². The Morgan fingerprint density at radius 2 is 0.965 bits per heavy atom. The van der Waals surface area contributed by atoms with Gasteiger partial charge in [-0.2, -0.15) is 0 Å². The Morgan fingerprint density at radius 3 is 1.42 bits per heavy atom. The van der Waals surface area contributed by atoms with E-state index in [2.05, 4.69) is 123 Å². The van der Waals surface area contributed by atoms with Gasteiger partial charge in [0, 0.05) is 13.0 Å². The van der Waals surface area contributed by atoms with Gasteiger partial charge in [0.25, 0.3) is 7.82 Å². The third-order valence-corrected chi connectivity index (χ3v) is 9.28. The van der Waals surface area contributed by atoms with E-state index in [1.807, 2.05) is 21.1 Å². The molecule has 0 aromatic rings. The molecule has 0 rings (SSSR count). The number of phosphoric ester groups is 1. The van der Waals surface area contributed by atoms with E-state index in [4.69, 9.17) is 18.5 Å². The van der Waals surface area contributed by atoms with Crippen LogP contribution in [0, 0.1) is 0 Å². The second-order valence-electron chi connectivity index (χ2n) is 14.9. The lowest BCUT2D eigenvalue weighted by atomic mass is 10.1. The zero-order valence-corrected chi connectivity index (χ0v) is 37.4. The highest BCUT2D eigenvalue weighted by Crippen LogP contribution is 2.38. The monoisotopic (exact) mass is 814 g/mol. The predicted molar refractivity (Wildman–Crippen MR) is 240 cm³/mol. The lowest BCUT2D eigenvalue weighted by molar-refractivity contribution is -0.870. The van der Waals surface area contributed by atoms with E-state index in [9.17, 15) is 14.3 Å². The van der Waals surface area contributed by atoms with E-state index in [1.165, 1.54) is 0 Å². The topological polar surface area (TPSA) is 94.1 Å². The molecule has 9 heteroatoms. The number of carbonyl (C=O) groups excluding carboxylic acids is 1. The van der Waals surface area contributed by atoms with Gasteiger partial charge in [-0.3, -0.25) is 9.36 Å². The van der Waals surface area contributed by atoms with Crippen molar-refractivity contribution in [3.63, 3.8) is 0 Å². The number of unbranched alkanes of at least 4 members (excludes halogenated alkanes) is 6. The minimum Gasteiger partial charge on any atom is -0.756 e. The Morgan fingerprint density at radius 1 is 0.544 bits per heavy atom. The second kappa shape index (κ2) is 40.0. The minimum atomic E-state index is -4.55. The number of quaternary nitrogens is 1. The van der Waals surface area contributed by atoms with E-state index in [1.54, 1.807) is 0 Å². The number of nitrogens with zero attached hydrogens (tertiary/aromatic N) is 1. The van der Waals surface area contributed by atoms with Crippen LogP contribution in [0.1, 0.15) is 129 Å². The molecule has 324 valence electrons. The summed E-state index contributed by atoms with van der Waals surface area (Å²) in [5.41, 5.74) is 0. The van der Waals surface area contributed by atoms with Crippen molar-refractivity contribution in [3.8, 4) is 0 Å². The molecule has 2 atom stereocenters. The molecule has 0 radical (unpaired) electrons. The lowest BCUT2D eigenvalue weighted by Crippen LogP contribution is -2.37. The summed E-state index contributed by atoms with van der Waals surface area (Å²) >= 11 is 0. The van der Waals surface area contributed by atoms with Crippen LogP contribution < -0.4 is 4.89 Å². The highest BCUT2D eigenvalue weighted by atomic mass is 31.2. The number of ether oxygens (including phenoxy) is 2. The van der Waals surface area contributed by atoms with Crippen LogP contribution in [0.25, 0.3) is 0 Å². The first-order valence-corrected chi connectivity index (χ1v) is 23.1. The maximum Gasteiger partial charge on any atom is 0.306 e. The molecular weight excluding hydrogens is 734 g/mol. The van der Waals surface area contributed by atoms with Crippen molar-refractivity contribution >= 4 is 13.8 Å². The van der Waals surface area contributed by atoms with Crippen LogP contribution in [0.2, 0.25) is 0 Å². The standard InChI is InChI=1S/C48H80NO7P/c1-6-8-10-12-14-16-18-20-22-24-26-28-30-32-34-36-38-40-43-53-45-47(46-55-57(51,52)54-44-42-49(3,4)5)56-48(50)41-39-37-35-33-31-29-27-25-23-21-19-17-15-13-11-9-7-2/h8-11,14-17,20-23,26-29,32,34,47H,6-7,12-13,18-19,24-25,30-31,33,35-46H2,1-5H3/b10-8-,11-9-,16-14-,17-15-,22-20-,23-21-,28-26-,29-27-,34-32-. The Kier molecular flexibility index (Phi) is 38.0. The van der Waals surface area contributed by atoms with Gasteiger partial charge in [0.15, 0.2) is 0 Å². The summed E-state index contributed by atoms with van der Waals surface area (Å²) in [6.45, 7) is 4.99. The van der Waals surface area contributed by atoms with Crippen LogP contribution in [0.15, 0.2) is 109 Å². The van der Waals surface area contributed by atoms with Crippen molar-refractivity contribution in [2.75, 3.05) is 54.1 Å². The van der Waals surface area contributed by atoms with Crippen molar-refractivity contribution in [2.45, 2.75) is 136 Å². The molecule has 0 saturated carbocycles. The molecular formula is C48H80NO7P. The summed E-state index contributed by atoms with van der Waals surface area (Å²) in [6, 6.07) is 0. The summed E-state index contributed by atoms with van der Waals surface area (Å²) in [6.07, 6.45) is 55.4. The average Bonchev–Trinajstić information content (AvgIpc) is 3.16. The SMILES string of the molecule is CC/C=C\C/C=C\C/C=C\C/C=C\C/C=C\CCCCOCC(COP(=O)([O-])OCC[N+](C)(C)C)OC(=O)CCCCCC/C=C\C/C=C\C/C=C\C/C=C\CC. The Bertz CT molecular complexity index is 1270. The van der Waals surface area contributed by atoms with Crippen LogP contribution in [0.5, 0.6) is 0 Å². The molecule has 57 heavy (non-hydrogen) atoms. The van der Waals surface area contributed by atoms with Gasteiger partial charge in [-0.1, -0.05) is 136 Å². The Labute approximate surface area is 349 Å². The van der Waals surface area contributed by atoms with Gasteiger partial charge < -0.3 is 27.9 Å². The third kappa shape index (κ3) is 44.1. The maximum atomic E-state index is 12.7. The molecule has 0 aromatic heterocycles. The van der Waals surface area contributed by atoms with Crippen molar-refractivity contribution in [2.24, 2.45) is 0 Å². The summed E-state index contributed by atoms with van der Waals surface area (Å²) in [5, 5.41) is 0. The molecule has 0 bridgehead atoms. The Hall–Kier alpha value is -2.84. The van der Waals surface area contributed by atoms with Crippen molar-refractivity contribution < 1.29 is 37.3 Å². The molecule has 0 aliphatic carbocycles. The van der Waals surface area contributed by atoms with E-state index in [-0.39, 0.29) is 32.2 Å². The molecule has 0 aromatic carbocycles. The number of hydrogen-bond acceptors (Lipinski definition) is 7. The number of carbonyl (C=O) groups is 1. The average molecular weight is 814 g/mol. The van der Waals surface area contributed by atoms with E-state index >= 15 is 0 Å². The molecule has 0 spiro atoms. The third-order valence-electron chi connectivity index (χ3n) is 8.32. The van der Waals surface area contributed by atoms with E-state index in [0.29, 0.717) is 24.1 Å². The molecule has 0 aliphatic rings. The second-order valence-corrected chi connectivity index (χ2v) is 16.3. The zero-order chi connectivity index (χ0) is 42.0. The molecule has 0 fully saturated rings. The maximum absolute atomic E-state index is 12.7. The Balaban J connectivity index is 4.41. The quantitative estimate of drug-likeness (QED) is 0.0201. The van der Waals surface area contributed by atoms with Crippen molar-refractivity contribution in [3.05, 3.63) is 109 Å². The normalized spacial score (nSPS) is 14.8. The largest absolute Gasteiger partial charge is 0.756 e. The van der Waals surface area contributed by atoms with E-state index in [0.717, 1.165) is 103 Å². The first kappa shape index (κ1) is 54.2. The molecule has 0 aliphatic heterocycles. The van der Waals surface area contributed by atoms with E-state index < -0.39 is 13.9 Å². The van der Waals surface area contributed by atoms with Gasteiger partial charge in [-0.25, -0.2) is 0 Å². The molecule has 0 N–H and O–H groups in total. The number of phosphoric acid groups is 1. The molecule has 2 unspecified atom stereocenters. The first-order chi connectivity index (χ1) is 27.6. The lowest BCUT2D eigenvalue weighted by Gasteiger charge is -2.28. The predicted octanol–water partition coefficient (Wildman–Crippen LogP) is 12.2. The van der Waals surface area contributed by atoms with Crippen molar-refractivity contribution in [1.82, 2.24) is 0 Å². The fraction of sp³-hybridized carbons (Fsp3) is 0.604. The smallest absolute Gasteiger partial charge is 0.306 e. The summed E-state index contributed by atoms with van der Waals surface area (Å²) in [7, 11) is 1.29. The van der Waals surface area contributed by atoms with Gasteiger partial charge in [0.05, 0.1) is 34.4 Å². The van der Waals surface area contributed by atoms with Gasteiger partial charge in [-0.15, -0.1) is 0 Å². The molecule has 0 saturated heterocycles. The summed E-state index contributed by atoms with van der Waals surface area (Å²) < 4.78 is 34.5. The van der Waals surface area contributed by atoms with Crippen LogP contribution in [0.3, 0.4) is 0 Å². The van der Waals surface area contributed by atoms with Gasteiger partial charge in [0.2, 0.25) is 0 Å². The van der Waals surface area contributed by atoms with Crippen LogP contribution in [0.4, 0.5) is 0 Å². The van der Waals surface area contributed by atoms with Crippen molar-refractivity contribution in [1.29, 1.82) is 0 Å². The number of rotatable bonds is 38.